The number of thiocarbonyl (C=S) groups is 1. The van der Waals surface area contributed by atoms with Crippen molar-refractivity contribution in [2.24, 2.45) is 0 Å². The van der Waals surface area contributed by atoms with E-state index in [4.69, 9.17) is 12.2 Å². The van der Waals surface area contributed by atoms with Gasteiger partial charge in [0.2, 0.25) is 0 Å². The monoisotopic (exact) mass is 469 g/mol. The van der Waals surface area contributed by atoms with E-state index in [1.54, 1.807) is 36.4 Å². The third-order valence-corrected chi connectivity index (χ3v) is 4.82. The zero-order valence-electron chi connectivity index (χ0n) is 12.5. The summed E-state index contributed by atoms with van der Waals surface area (Å²) in [6, 6.07) is 12.2. The third-order valence-electron chi connectivity index (χ3n) is 3.07. The second kappa shape index (κ2) is 8.36. The number of nitrogens with one attached hydrogen (secondary N) is 3. The molecule has 0 spiro atoms. The standard InChI is InChI=1S/C16H13Br2N3O2S/c1-9-6-7-10(8-13(9)18)14(22)19-16(24)21-20-15(23)11-4-2-3-5-12(11)17/h2-8H,1H3,(H,20,23)(H2,19,21,22,24). The first-order valence-electron chi connectivity index (χ1n) is 6.81. The summed E-state index contributed by atoms with van der Waals surface area (Å²) >= 11 is 11.7. The predicted molar refractivity (Wildman–Crippen MR) is 104 cm³/mol. The predicted octanol–water partition coefficient (Wildman–Crippen LogP) is 3.47. The molecular formula is C16H13Br2N3O2S. The molecule has 2 amide bonds. The molecule has 5 nitrogen and oxygen atoms in total. The van der Waals surface area contributed by atoms with Crippen molar-refractivity contribution < 1.29 is 9.59 Å². The maximum atomic E-state index is 12.1. The molecule has 0 radical (unpaired) electrons. The number of hydrogen-bond donors (Lipinski definition) is 3. The number of hydrogen-bond acceptors (Lipinski definition) is 3. The van der Waals surface area contributed by atoms with Crippen LogP contribution in [0.2, 0.25) is 0 Å². The average molecular weight is 471 g/mol. The van der Waals surface area contributed by atoms with Crippen molar-refractivity contribution in [3.05, 3.63) is 68.1 Å². The van der Waals surface area contributed by atoms with Crippen LogP contribution >= 0.6 is 44.1 Å². The molecule has 0 heterocycles. The van der Waals surface area contributed by atoms with Crippen LogP contribution in [0.25, 0.3) is 0 Å². The van der Waals surface area contributed by atoms with E-state index in [0.29, 0.717) is 15.6 Å². The van der Waals surface area contributed by atoms with Crippen LogP contribution in [0.15, 0.2) is 51.4 Å². The normalized spacial score (nSPS) is 9.96. The number of benzene rings is 2. The first kappa shape index (κ1) is 18.6. The zero-order valence-corrected chi connectivity index (χ0v) is 16.5. The van der Waals surface area contributed by atoms with Gasteiger partial charge in [0.25, 0.3) is 11.8 Å². The fourth-order valence-corrected chi connectivity index (χ4v) is 2.75. The molecule has 3 N–H and O–H groups in total. The van der Waals surface area contributed by atoms with E-state index in [1.165, 1.54) is 0 Å². The lowest BCUT2D eigenvalue weighted by molar-refractivity contribution is 0.0934. The van der Waals surface area contributed by atoms with Crippen molar-refractivity contribution in [3.8, 4) is 0 Å². The number of hydrazine groups is 1. The fraction of sp³-hybridized carbons (Fsp3) is 0.0625. The van der Waals surface area contributed by atoms with Gasteiger partial charge in [0.15, 0.2) is 5.11 Å². The van der Waals surface area contributed by atoms with Gasteiger partial charge in [0, 0.05) is 14.5 Å². The van der Waals surface area contributed by atoms with Crippen LogP contribution in [0.1, 0.15) is 26.3 Å². The number of amides is 2. The van der Waals surface area contributed by atoms with E-state index < -0.39 is 0 Å². The molecule has 2 rings (SSSR count). The van der Waals surface area contributed by atoms with Crippen LogP contribution in [0.4, 0.5) is 0 Å². The summed E-state index contributed by atoms with van der Waals surface area (Å²) in [6.07, 6.45) is 0. The van der Waals surface area contributed by atoms with Crippen LogP contribution in [0.3, 0.4) is 0 Å². The van der Waals surface area contributed by atoms with Gasteiger partial charge in [-0.1, -0.05) is 34.1 Å². The molecule has 124 valence electrons. The van der Waals surface area contributed by atoms with Gasteiger partial charge < -0.3 is 0 Å². The molecule has 0 fully saturated rings. The summed E-state index contributed by atoms with van der Waals surface area (Å²) in [5.74, 6) is -0.750. The summed E-state index contributed by atoms with van der Waals surface area (Å²) in [5, 5.41) is 2.50. The van der Waals surface area contributed by atoms with Crippen LogP contribution in [0.5, 0.6) is 0 Å². The lowest BCUT2D eigenvalue weighted by Gasteiger charge is -2.12. The summed E-state index contributed by atoms with van der Waals surface area (Å²) in [6.45, 7) is 1.93. The fourth-order valence-electron chi connectivity index (χ4n) is 1.77. The Morgan fingerprint density at radius 2 is 1.67 bits per heavy atom. The highest BCUT2D eigenvalue weighted by atomic mass is 79.9. The SMILES string of the molecule is Cc1ccc(C(=O)NC(=S)NNC(=O)c2ccccc2Br)cc1Br. The van der Waals surface area contributed by atoms with Crippen LogP contribution in [-0.2, 0) is 0 Å². The van der Waals surface area contributed by atoms with E-state index in [1.807, 2.05) is 13.0 Å². The molecule has 0 aliphatic rings. The molecule has 0 saturated carbocycles. The first-order valence-corrected chi connectivity index (χ1v) is 8.80. The maximum Gasteiger partial charge on any atom is 0.270 e. The van der Waals surface area contributed by atoms with Gasteiger partial charge in [0.1, 0.15) is 0 Å². The van der Waals surface area contributed by atoms with E-state index >= 15 is 0 Å². The van der Waals surface area contributed by atoms with Gasteiger partial charge in [-0.25, -0.2) is 0 Å². The molecule has 24 heavy (non-hydrogen) atoms. The Bertz CT molecular complexity index is 812. The molecule has 0 bridgehead atoms. The third kappa shape index (κ3) is 4.86. The number of carbonyl (C=O) groups is 2. The molecule has 2 aromatic rings. The van der Waals surface area contributed by atoms with E-state index in [2.05, 4.69) is 48.0 Å². The minimum Gasteiger partial charge on any atom is -0.298 e. The molecule has 8 heteroatoms. The van der Waals surface area contributed by atoms with E-state index in [0.717, 1.165) is 10.0 Å². The molecule has 0 aromatic heterocycles. The van der Waals surface area contributed by atoms with Crippen LogP contribution in [0, 0.1) is 6.92 Å². The highest BCUT2D eigenvalue weighted by Crippen LogP contribution is 2.17. The Labute approximate surface area is 161 Å². The Hall–Kier alpha value is -1.77. The van der Waals surface area contributed by atoms with Crippen molar-refractivity contribution in [1.29, 1.82) is 0 Å². The molecular weight excluding hydrogens is 458 g/mol. The largest absolute Gasteiger partial charge is 0.298 e. The van der Waals surface area contributed by atoms with Crippen molar-refractivity contribution in [2.45, 2.75) is 6.92 Å². The molecule has 2 aromatic carbocycles. The van der Waals surface area contributed by atoms with E-state index in [-0.39, 0.29) is 16.9 Å². The Balaban J connectivity index is 1.91. The first-order chi connectivity index (χ1) is 11.4. The maximum absolute atomic E-state index is 12.1. The van der Waals surface area contributed by atoms with Gasteiger partial charge in [-0.15, -0.1) is 0 Å². The quantitative estimate of drug-likeness (QED) is 0.464. The second-order valence-corrected chi connectivity index (χ2v) is 6.92. The molecule has 0 saturated heterocycles. The van der Waals surface area contributed by atoms with Gasteiger partial charge in [-0.2, -0.15) is 0 Å². The smallest absolute Gasteiger partial charge is 0.270 e. The second-order valence-electron chi connectivity index (χ2n) is 4.81. The van der Waals surface area contributed by atoms with Gasteiger partial charge in [-0.3, -0.25) is 25.8 Å². The summed E-state index contributed by atoms with van der Waals surface area (Å²) in [4.78, 5) is 24.1. The van der Waals surface area contributed by atoms with Crippen molar-refractivity contribution >= 4 is 61.0 Å². The highest BCUT2D eigenvalue weighted by Gasteiger charge is 2.11. The van der Waals surface area contributed by atoms with E-state index in [9.17, 15) is 9.59 Å². The topological polar surface area (TPSA) is 70.2 Å². The zero-order chi connectivity index (χ0) is 17.7. The minimum atomic E-state index is -0.378. The number of rotatable bonds is 2. The summed E-state index contributed by atoms with van der Waals surface area (Å²) < 4.78 is 1.49. The molecule has 0 atom stereocenters. The minimum absolute atomic E-state index is 0.00268. The lowest BCUT2D eigenvalue weighted by Crippen LogP contribution is -2.48. The van der Waals surface area contributed by atoms with Gasteiger partial charge in [0.05, 0.1) is 5.56 Å². The number of carbonyl (C=O) groups excluding carboxylic acids is 2. The van der Waals surface area contributed by atoms with Crippen LogP contribution < -0.4 is 16.2 Å². The van der Waals surface area contributed by atoms with Crippen molar-refractivity contribution in [1.82, 2.24) is 16.2 Å². The Kier molecular flexibility index (Phi) is 6.47. The molecule has 0 aliphatic carbocycles. The average Bonchev–Trinajstić information content (AvgIpc) is 2.55. The summed E-state index contributed by atoms with van der Waals surface area (Å²) in [7, 11) is 0. The van der Waals surface area contributed by atoms with Gasteiger partial charge in [-0.05, 0) is 64.9 Å². The number of aryl methyl sites for hydroxylation is 1. The highest BCUT2D eigenvalue weighted by molar-refractivity contribution is 9.10. The van der Waals surface area contributed by atoms with Gasteiger partial charge >= 0.3 is 0 Å². The van der Waals surface area contributed by atoms with Crippen LogP contribution in [-0.4, -0.2) is 16.9 Å². The molecule has 0 unspecified atom stereocenters. The Morgan fingerprint density at radius 1 is 0.958 bits per heavy atom. The van der Waals surface area contributed by atoms with Crippen molar-refractivity contribution in [3.63, 3.8) is 0 Å². The lowest BCUT2D eigenvalue weighted by atomic mass is 10.1. The Morgan fingerprint density at radius 3 is 2.33 bits per heavy atom. The van der Waals surface area contributed by atoms with Crippen molar-refractivity contribution in [2.75, 3.05) is 0 Å². The molecule has 0 aliphatic heterocycles. The number of halogens is 2. The summed E-state index contributed by atoms with van der Waals surface area (Å²) in [5.41, 5.74) is 6.85.